The summed E-state index contributed by atoms with van der Waals surface area (Å²) in [5, 5.41) is 0. The van der Waals surface area contributed by atoms with Gasteiger partial charge in [0.25, 0.3) is 5.56 Å². The number of pyridine rings is 1. The number of hydrogen-bond donors (Lipinski definition) is 1. The van der Waals surface area contributed by atoms with Gasteiger partial charge in [-0.1, -0.05) is 12.1 Å². The number of aryl methyl sites for hydroxylation is 2. The third-order valence-electron chi connectivity index (χ3n) is 2.68. The van der Waals surface area contributed by atoms with Crippen LogP contribution >= 0.6 is 0 Å². The third kappa shape index (κ3) is 1.98. The van der Waals surface area contributed by atoms with Crippen molar-refractivity contribution in [2.75, 3.05) is 0 Å². The quantitative estimate of drug-likeness (QED) is 0.809. The molecular formula is C13H11F2NO. The van der Waals surface area contributed by atoms with Crippen molar-refractivity contribution in [1.82, 2.24) is 4.98 Å². The van der Waals surface area contributed by atoms with Gasteiger partial charge in [0.2, 0.25) is 0 Å². The normalized spacial score (nSPS) is 10.6. The van der Waals surface area contributed by atoms with Gasteiger partial charge >= 0.3 is 0 Å². The summed E-state index contributed by atoms with van der Waals surface area (Å²) in [6.07, 6.45) is 1.38. The predicted octanol–water partition coefficient (Wildman–Crippen LogP) is 2.94. The van der Waals surface area contributed by atoms with Crippen LogP contribution in [0.1, 0.15) is 11.1 Å². The summed E-state index contributed by atoms with van der Waals surface area (Å²) < 4.78 is 27.1. The van der Waals surface area contributed by atoms with Crippen LogP contribution in [-0.2, 0) is 0 Å². The lowest BCUT2D eigenvalue weighted by Gasteiger charge is -2.06. The first kappa shape index (κ1) is 11.5. The van der Waals surface area contributed by atoms with Gasteiger partial charge in [-0.05, 0) is 25.5 Å². The van der Waals surface area contributed by atoms with Crippen molar-refractivity contribution in [3.63, 3.8) is 0 Å². The molecule has 2 nitrogen and oxygen atoms in total. The van der Waals surface area contributed by atoms with Gasteiger partial charge in [-0.2, -0.15) is 0 Å². The fourth-order valence-corrected chi connectivity index (χ4v) is 1.62. The summed E-state index contributed by atoms with van der Waals surface area (Å²) in [6.45, 7) is 3.12. The number of rotatable bonds is 1. The van der Waals surface area contributed by atoms with E-state index in [1.54, 1.807) is 6.92 Å². The molecule has 1 aromatic heterocycles. The fraction of sp³-hybridized carbons (Fsp3) is 0.154. The number of hydrogen-bond acceptors (Lipinski definition) is 1. The maximum absolute atomic E-state index is 13.7. The van der Waals surface area contributed by atoms with Crippen molar-refractivity contribution in [3.05, 3.63) is 57.5 Å². The van der Waals surface area contributed by atoms with Crippen LogP contribution in [0.4, 0.5) is 8.78 Å². The van der Waals surface area contributed by atoms with Gasteiger partial charge in [0, 0.05) is 22.9 Å². The molecule has 0 aliphatic rings. The van der Waals surface area contributed by atoms with Crippen LogP contribution in [0, 0.1) is 25.5 Å². The smallest absolute Gasteiger partial charge is 0.250 e. The molecular weight excluding hydrogens is 224 g/mol. The zero-order valence-corrected chi connectivity index (χ0v) is 9.47. The molecule has 0 saturated carbocycles. The molecule has 0 spiro atoms. The SMILES string of the molecule is Cc1ccc(-c2c[nH]c(=O)c(C)c2)c(F)c1F. The standard InChI is InChI=1S/C13H11F2NO/c1-7-3-4-10(12(15)11(7)14)9-5-8(2)13(17)16-6-9/h3-6H,1-2H3,(H,16,17). The first-order valence-electron chi connectivity index (χ1n) is 5.15. The van der Waals surface area contributed by atoms with E-state index in [0.29, 0.717) is 11.1 Å². The second kappa shape index (κ2) is 4.13. The Kier molecular flexibility index (Phi) is 2.79. The van der Waals surface area contributed by atoms with E-state index in [1.807, 2.05) is 0 Å². The summed E-state index contributed by atoms with van der Waals surface area (Å²) >= 11 is 0. The summed E-state index contributed by atoms with van der Waals surface area (Å²) in [4.78, 5) is 13.7. The van der Waals surface area contributed by atoms with E-state index in [1.165, 1.54) is 31.3 Å². The van der Waals surface area contributed by atoms with Gasteiger partial charge in [-0.25, -0.2) is 8.78 Å². The molecule has 1 aromatic carbocycles. The zero-order valence-electron chi connectivity index (χ0n) is 9.47. The van der Waals surface area contributed by atoms with Gasteiger partial charge in [0.1, 0.15) is 0 Å². The van der Waals surface area contributed by atoms with Crippen molar-refractivity contribution in [2.45, 2.75) is 13.8 Å². The molecule has 0 bridgehead atoms. The fourth-order valence-electron chi connectivity index (χ4n) is 1.62. The van der Waals surface area contributed by atoms with Crippen molar-refractivity contribution in [2.24, 2.45) is 0 Å². The van der Waals surface area contributed by atoms with E-state index in [-0.39, 0.29) is 16.7 Å². The Morgan fingerprint density at radius 1 is 1.06 bits per heavy atom. The minimum atomic E-state index is -0.892. The molecule has 4 heteroatoms. The van der Waals surface area contributed by atoms with E-state index >= 15 is 0 Å². The van der Waals surface area contributed by atoms with Crippen LogP contribution in [-0.4, -0.2) is 4.98 Å². The number of benzene rings is 1. The van der Waals surface area contributed by atoms with E-state index in [0.717, 1.165) is 0 Å². The minimum Gasteiger partial charge on any atom is -0.328 e. The van der Waals surface area contributed by atoms with Crippen LogP contribution in [0.3, 0.4) is 0 Å². The molecule has 0 atom stereocenters. The van der Waals surface area contributed by atoms with Crippen LogP contribution < -0.4 is 5.56 Å². The molecule has 0 amide bonds. The molecule has 2 rings (SSSR count). The van der Waals surface area contributed by atoms with Crippen molar-refractivity contribution < 1.29 is 8.78 Å². The maximum Gasteiger partial charge on any atom is 0.250 e. The van der Waals surface area contributed by atoms with Gasteiger partial charge in [0.15, 0.2) is 11.6 Å². The largest absolute Gasteiger partial charge is 0.328 e. The number of aromatic amines is 1. The summed E-state index contributed by atoms with van der Waals surface area (Å²) in [5.41, 5.74) is 1.09. The van der Waals surface area contributed by atoms with Crippen LogP contribution in [0.25, 0.3) is 11.1 Å². The van der Waals surface area contributed by atoms with Crippen molar-refractivity contribution >= 4 is 0 Å². The highest BCUT2D eigenvalue weighted by molar-refractivity contribution is 5.64. The van der Waals surface area contributed by atoms with Gasteiger partial charge in [0.05, 0.1) is 0 Å². The topological polar surface area (TPSA) is 32.9 Å². The number of halogens is 2. The molecule has 2 aromatic rings. The highest BCUT2D eigenvalue weighted by Gasteiger charge is 2.12. The Morgan fingerprint density at radius 3 is 2.41 bits per heavy atom. The van der Waals surface area contributed by atoms with Crippen molar-refractivity contribution in [3.8, 4) is 11.1 Å². The lowest BCUT2D eigenvalue weighted by atomic mass is 10.0. The minimum absolute atomic E-state index is 0.146. The Morgan fingerprint density at radius 2 is 1.76 bits per heavy atom. The Labute approximate surface area is 96.9 Å². The molecule has 88 valence electrons. The molecule has 1 heterocycles. The summed E-state index contributed by atoms with van der Waals surface area (Å²) in [7, 11) is 0. The molecule has 0 saturated heterocycles. The third-order valence-corrected chi connectivity index (χ3v) is 2.68. The maximum atomic E-state index is 13.7. The molecule has 1 N–H and O–H groups in total. The zero-order chi connectivity index (χ0) is 12.6. The van der Waals surface area contributed by atoms with Crippen LogP contribution in [0.2, 0.25) is 0 Å². The predicted molar refractivity (Wildman–Crippen MR) is 61.9 cm³/mol. The second-order valence-electron chi connectivity index (χ2n) is 3.96. The first-order valence-corrected chi connectivity index (χ1v) is 5.15. The van der Waals surface area contributed by atoms with E-state index in [9.17, 15) is 13.6 Å². The summed E-state index contributed by atoms with van der Waals surface area (Å²) in [6, 6.07) is 4.54. The monoisotopic (exact) mass is 235 g/mol. The van der Waals surface area contributed by atoms with E-state index in [4.69, 9.17) is 0 Å². The molecule has 0 aliphatic heterocycles. The number of aromatic nitrogens is 1. The van der Waals surface area contributed by atoms with Gasteiger partial charge in [-0.3, -0.25) is 4.79 Å². The molecule has 0 unspecified atom stereocenters. The van der Waals surface area contributed by atoms with Crippen LogP contribution in [0.15, 0.2) is 29.2 Å². The van der Waals surface area contributed by atoms with E-state index in [2.05, 4.69) is 4.98 Å². The molecule has 0 aliphatic carbocycles. The molecule has 0 fully saturated rings. The highest BCUT2D eigenvalue weighted by atomic mass is 19.2. The molecule has 17 heavy (non-hydrogen) atoms. The van der Waals surface area contributed by atoms with Crippen molar-refractivity contribution in [1.29, 1.82) is 0 Å². The average Bonchev–Trinajstić information content (AvgIpc) is 2.30. The highest BCUT2D eigenvalue weighted by Crippen LogP contribution is 2.25. The Balaban J connectivity index is 2.65. The number of nitrogens with one attached hydrogen (secondary N) is 1. The van der Waals surface area contributed by atoms with E-state index < -0.39 is 11.6 Å². The number of H-pyrrole nitrogens is 1. The lowest BCUT2D eigenvalue weighted by Crippen LogP contribution is -2.08. The molecule has 0 radical (unpaired) electrons. The Bertz CT molecular complexity index is 632. The van der Waals surface area contributed by atoms with Gasteiger partial charge < -0.3 is 4.98 Å². The lowest BCUT2D eigenvalue weighted by molar-refractivity contribution is 0.505. The Hall–Kier alpha value is -1.97. The van der Waals surface area contributed by atoms with Gasteiger partial charge in [-0.15, -0.1) is 0 Å². The first-order chi connectivity index (χ1) is 8.00. The van der Waals surface area contributed by atoms with Crippen LogP contribution in [0.5, 0.6) is 0 Å². The second-order valence-corrected chi connectivity index (χ2v) is 3.96. The average molecular weight is 235 g/mol. The summed E-state index contributed by atoms with van der Waals surface area (Å²) in [5.74, 6) is -1.75.